The molecule has 178 valence electrons. The number of carbonyl (C=O) groups excluding carboxylic acids is 1. The van der Waals surface area contributed by atoms with E-state index in [1.165, 1.54) is 27.3 Å². The average molecular weight is 482 g/mol. The molecule has 1 saturated heterocycles. The van der Waals surface area contributed by atoms with E-state index in [1.54, 1.807) is 18.2 Å². The Bertz CT molecular complexity index is 1280. The fourth-order valence-electron chi connectivity index (χ4n) is 3.88. The molecule has 2 N–H and O–H groups in total. The van der Waals surface area contributed by atoms with Gasteiger partial charge in [0.25, 0.3) is 5.91 Å². The number of hydrogen-bond acceptors (Lipinski definition) is 6. The van der Waals surface area contributed by atoms with Crippen molar-refractivity contribution in [2.45, 2.75) is 4.90 Å². The molecule has 1 heterocycles. The second-order valence-corrected chi connectivity index (χ2v) is 9.92. The van der Waals surface area contributed by atoms with Crippen molar-refractivity contribution in [3.05, 3.63) is 78.4 Å². The van der Waals surface area contributed by atoms with E-state index in [1.807, 2.05) is 30.3 Å². The van der Waals surface area contributed by atoms with Gasteiger partial charge in [-0.25, -0.2) is 13.9 Å². The third kappa shape index (κ3) is 5.81. The average Bonchev–Trinajstić information content (AvgIpc) is 2.87. The molecule has 9 heteroatoms. The van der Waals surface area contributed by atoms with Gasteiger partial charge in [-0.1, -0.05) is 42.5 Å². The molecule has 0 bridgehead atoms. The van der Waals surface area contributed by atoms with Crippen molar-refractivity contribution < 1.29 is 23.2 Å². The van der Waals surface area contributed by atoms with E-state index >= 15 is 0 Å². The van der Waals surface area contributed by atoms with E-state index in [-0.39, 0.29) is 4.90 Å². The summed E-state index contributed by atoms with van der Waals surface area (Å²) in [5, 5.41) is 10.9. The number of amides is 1. The maximum atomic E-state index is 13.1. The molecule has 0 aromatic heterocycles. The van der Waals surface area contributed by atoms with E-state index in [2.05, 4.69) is 17.0 Å². The van der Waals surface area contributed by atoms with Crippen LogP contribution in [-0.4, -0.2) is 68.1 Å². The first-order valence-corrected chi connectivity index (χ1v) is 12.5. The van der Waals surface area contributed by atoms with Crippen molar-refractivity contribution in [1.29, 1.82) is 0 Å². The van der Waals surface area contributed by atoms with Gasteiger partial charge in [-0.15, -0.1) is 0 Å². The van der Waals surface area contributed by atoms with Crippen molar-refractivity contribution in [3.8, 4) is 5.75 Å². The van der Waals surface area contributed by atoms with Crippen molar-refractivity contribution >= 4 is 32.8 Å². The summed E-state index contributed by atoms with van der Waals surface area (Å²) in [7, 11) is -3.64. The molecule has 4 rings (SSSR count). The van der Waals surface area contributed by atoms with Crippen LogP contribution in [0.4, 0.5) is 0 Å². The topological polar surface area (TPSA) is 99.2 Å². The summed E-state index contributed by atoms with van der Waals surface area (Å²) in [5.74, 6) is 0.138. The van der Waals surface area contributed by atoms with Gasteiger partial charge in [-0.2, -0.15) is 4.31 Å². The van der Waals surface area contributed by atoms with E-state index in [9.17, 15) is 13.2 Å². The number of sulfonamides is 1. The highest BCUT2D eigenvalue weighted by atomic mass is 32.2. The summed E-state index contributed by atoms with van der Waals surface area (Å²) in [6.07, 6.45) is 2.57. The summed E-state index contributed by atoms with van der Waals surface area (Å²) in [5.41, 5.74) is 2.05. The first-order chi connectivity index (χ1) is 16.5. The first-order valence-electron chi connectivity index (χ1n) is 11.0. The Kier molecular flexibility index (Phi) is 7.59. The number of fused-ring (bicyclic) bond motifs is 1. The molecular formula is C25H27N3O5S. The smallest absolute Gasteiger partial charge is 0.267 e. The maximum absolute atomic E-state index is 13.1. The zero-order valence-corrected chi connectivity index (χ0v) is 19.4. The number of hydrogen-bond donors (Lipinski definition) is 2. The Balaban J connectivity index is 1.29. The number of piperazine rings is 1. The van der Waals surface area contributed by atoms with Crippen LogP contribution in [0.15, 0.2) is 77.7 Å². The highest BCUT2D eigenvalue weighted by Crippen LogP contribution is 2.21. The minimum absolute atomic E-state index is 0.173. The fraction of sp³-hybridized carbons (Fsp3) is 0.240. The molecule has 1 aliphatic heterocycles. The van der Waals surface area contributed by atoms with Gasteiger partial charge in [0.1, 0.15) is 12.4 Å². The minimum atomic E-state index is -3.64. The second kappa shape index (κ2) is 10.8. The molecule has 1 fully saturated rings. The van der Waals surface area contributed by atoms with Gasteiger partial charge in [0.05, 0.1) is 4.90 Å². The summed E-state index contributed by atoms with van der Waals surface area (Å²) in [6, 6.07) is 20.5. The molecule has 0 spiro atoms. The monoisotopic (exact) mass is 481 g/mol. The summed E-state index contributed by atoms with van der Waals surface area (Å²) < 4.78 is 33.6. The molecule has 1 aliphatic rings. The second-order valence-electron chi connectivity index (χ2n) is 7.99. The molecule has 3 aromatic rings. The molecule has 0 saturated carbocycles. The van der Waals surface area contributed by atoms with Crippen LogP contribution in [0.2, 0.25) is 0 Å². The molecule has 0 unspecified atom stereocenters. The van der Waals surface area contributed by atoms with Gasteiger partial charge in [-0.05, 0) is 46.7 Å². The third-order valence-corrected chi connectivity index (χ3v) is 7.66. The van der Waals surface area contributed by atoms with E-state index in [0.717, 1.165) is 17.2 Å². The van der Waals surface area contributed by atoms with Gasteiger partial charge < -0.3 is 4.74 Å². The summed E-state index contributed by atoms with van der Waals surface area (Å²) in [4.78, 5) is 13.5. The van der Waals surface area contributed by atoms with Crippen molar-refractivity contribution in [1.82, 2.24) is 14.7 Å². The Morgan fingerprint density at radius 3 is 2.50 bits per heavy atom. The molecular weight excluding hydrogens is 454 g/mol. The predicted molar refractivity (Wildman–Crippen MR) is 130 cm³/mol. The van der Waals surface area contributed by atoms with E-state index in [0.29, 0.717) is 44.9 Å². The lowest BCUT2D eigenvalue weighted by molar-refractivity contribution is -0.124. The highest BCUT2D eigenvalue weighted by Gasteiger charge is 2.28. The quantitative estimate of drug-likeness (QED) is 0.292. The Morgan fingerprint density at radius 2 is 1.74 bits per heavy atom. The molecule has 0 atom stereocenters. The molecule has 1 amide bonds. The minimum Gasteiger partial charge on any atom is -0.492 e. The lowest BCUT2D eigenvalue weighted by atomic mass is 10.1. The number of nitrogens with zero attached hydrogens (tertiary/aromatic N) is 2. The number of benzene rings is 3. The molecule has 3 aromatic carbocycles. The molecule has 8 nitrogen and oxygen atoms in total. The van der Waals surface area contributed by atoms with Gasteiger partial charge in [0, 0.05) is 38.8 Å². The van der Waals surface area contributed by atoms with Crippen LogP contribution in [-0.2, 0) is 14.8 Å². The van der Waals surface area contributed by atoms with Crippen LogP contribution in [0, 0.1) is 0 Å². The number of rotatable bonds is 8. The lowest BCUT2D eigenvalue weighted by Crippen LogP contribution is -2.49. The Hall–Kier alpha value is -3.24. The van der Waals surface area contributed by atoms with Crippen LogP contribution in [0.25, 0.3) is 16.8 Å². The van der Waals surface area contributed by atoms with Crippen LogP contribution in [0.3, 0.4) is 0 Å². The third-order valence-electron chi connectivity index (χ3n) is 5.76. The zero-order valence-electron chi connectivity index (χ0n) is 18.6. The zero-order chi connectivity index (χ0) is 24.0. The normalized spacial score (nSPS) is 15.6. The number of hydroxylamine groups is 1. The maximum Gasteiger partial charge on any atom is 0.267 e. The molecule has 0 aliphatic carbocycles. The van der Waals surface area contributed by atoms with Crippen molar-refractivity contribution in [2.75, 3.05) is 39.3 Å². The van der Waals surface area contributed by atoms with Gasteiger partial charge in [0.15, 0.2) is 0 Å². The summed E-state index contributed by atoms with van der Waals surface area (Å²) in [6.45, 7) is 3.28. The molecule has 34 heavy (non-hydrogen) atoms. The van der Waals surface area contributed by atoms with Gasteiger partial charge in [0.2, 0.25) is 10.0 Å². The lowest BCUT2D eigenvalue weighted by Gasteiger charge is -2.33. The standard InChI is InChI=1S/C25H27N3O5S/c29-25(26-30)11-8-20-4-3-7-24(18-20)34(31,32)28-14-12-27(13-15-28)16-17-33-23-10-9-21-5-1-2-6-22(21)19-23/h1-11,18-19,30H,12-17H2,(H,26,29)/b11-8+. The van der Waals surface area contributed by atoms with Crippen LogP contribution in [0.5, 0.6) is 5.75 Å². The van der Waals surface area contributed by atoms with Crippen molar-refractivity contribution in [2.24, 2.45) is 0 Å². The highest BCUT2D eigenvalue weighted by molar-refractivity contribution is 7.89. The predicted octanol–water partition coefficient (Wildman–Crippen LogP) is 2.74. The fourth-order valence-corrected chi connectivity index (χ4v) is 5.36. The van der Waals surface area contributed by atoms with E-state index in [4.69, 9.17) is 9.94 Å². The first kappa shape index (κ1) is 23.9. The SMILES string of the molecule is O=C(/C=C/c1cccc(S(=O)(=O)N2CCN(CCOc3ccc4ccccc4c3)CC2)c1)NO. The largest absolute Gasteiger partial charge is 0.492 e. The van der Waals surface area contributed by atoms with Crippen LogP contribution < -0.4 is 10.2 Å². The number of carbonyl (C=O) groups is 1. The van der Waals surface area contributed by atoms with Gasteiger partial charge >= 0.3 is 0 Å². The van der Waals surface area contributed by atoms with Gasteiger partial charge in [-0.3, -0.25) is 14.9 Å². The summed E-state index contributed by atoms with van der Waals surface area (Å²) >= 11 is 0. The number of nitrogens with one attached hydrogen (secondary N) is 1. The van der Waals surface area contributed by atoms with Crippen molar-refractivity contribution in [3.63, 3.8) is 0 Å². The van der Waals surface area contributed by atoms with Crippen LogP contribution in [0.1, 0.15) is 5.56 Å². The Morgan fingerprint density at radius 1 is 0.971 bits per heavy atom. The van der Waals surface area contributed by atoms with E-state index < -0.39 is 15.9 Å². The molecule has 0 radical (unpaired) electrons. The number of ether oxygens (including phenoxy) is 1. The van der Waals surface area contributed by atoms with Crippen LogP contribution >= 0.6 is 0 Å². The Labute approximate surface area is 199 Å².